The molecule has 90 valence electrons. The number of H-pyrrole nitrogens is 1. The highest BCUT2D eigenvalue weighted by Crippen LogP contribution is 2.29. The summed E-state index contributed by atoms with van der Waals surface area (Å²) >= 11 is 0. The second-order valence-electron chi connectivity index (χ2n) is 3.89. The van der Waals surface area contributed by atoms with Gasteiger partial charge < -0.3 is 0 Å². The Labute approximate surface area is 96.5 Å². The van der Waals surface area contributed by atoms with Gasteiger partial charge in [-0.15, -0.1) is 0 Å². The molecule has 0 spiro atoms. The number of hydrogen-bond donors (Lipinski definition) is 1. The quantitative estimate of drug-likeness (QED) is 0.857. The fourth-order valence-corrected chi connectivity index (χ4v) is 1.59. The van der Waals surface area contributed by atoms with E-state index >= 15 is 0 Å². The van der Waals surface area contributed by atoms with Crippen molar-refractivity contribution in [2.45, 2.75) is 19.5 Å². The number of nitrogens with one attached hydrogen (secondary N) is 1. The van der Waals surface area contributed by atoms with E-state index < -0.39 is 11.7 Å². The molecule has 5 heteroatoms. The van der Waals surface area contributed by atoms with Gasteiger partial charge in [-0.25, -0.2) is 0 Å². The predicted octanol–water partition coefficient (Wildman–Crippen LogP) is 3.33. The summed E-state index contributed by atoms with van der Waals surface area (Å²) < 4.78 is 37.0. The van der Waals surface area contributed by atoms with Gasteiger partial charge in [0.1, 0.15) is 0 Å². The molecule has 0 fully saturated rings. The molecule has 0 atom stereocenters. The third-order valence-corrected chi connectivity index (χ3v) is 2.61. The molecule has 0 bridgehead atoms. The van der Waals surface area contributed by atoms with Gasteiger partial charge in [-0.1, -0.05) is 12.1 Å². The Morgan fingerprint density at radius 1 is 1.18 bits per heavy atom. The van der Waals surface area contributed by atoms with Crippen molar-refractivity contribution < 1.29 is 13.2 Å². The summed E-state index contributed by atoms with van der Waals surface area (Å²) in [4.78, 5) is 0. The number of aromatic nitrogens is 2. The first kappa shape index (κ1) is 11.7. The van der Waals surface area contributed by atoms with Crippen LogP contribution < -0.4 is 0 Å². The zero-order valence-corrected chi connectivity index (χ0v) is 9.17. The number of alkyl halides is 3. The molecule has 0 aliphatic carbocycles. The van der Waals surface area contributed by atoms with Gasteiger partial charge in [0, 0.05) is 12.1 Å². The van der Waals surface area contributed by atoms with Crippen LogP contribution in [-0.2, 0) is 12.6 Å². The van der Waals surface area contributed by atoms with Crippen molar-refractivity contribution in [3.05, 3.63) is 52.8 Å². The SMILES string of the molecule is Cc1[nH]ncc1Cc1ccc(C(F)(F)F)cc1. The number of aromatic amines is 1. The monoisotopic (exact) mass is 240 g/mol. The molecule has 1 aromatic heterocycles. The van der Waals surface area contributed by atoms with Crippen molar-refractivity contribution in [3.8, 4) is 0 Å². The Kier molecular flexibility index (Phi) is 2.92. The molecule has 1 aromatic carbocycles. The first-order valence-corrected chi connectivity index (χ1v) is 5.12. The molecule has 0 saturated heterocycles. The molecule has 2 rings (SSSR count). The van der Waals surface area contributed by atoms with Crippen LogP contribution in [-0.4, -0.2) is 10.2 Å². The maximum atomic E-state index is 12.3. The summed E-state index contributed by atoms with van der Waals surface area (Å²) in [6.45, 7) is 1.88. The van der Waals surface area contributed by atoms with Gasteiger partial charge in [0.2, 0.25) is 0 Å². The molecule has 1 heterocycles. The molecule has 2 aromatic rings. The molecule has 1 N–H and O–H groups in total. The van der Waals surface area contributed by atoms with E-state index in [0.717, 1.165) is 29.0 Å². The topological polar surface area (TPSA) is 28.7 Å². The van der Waals surface area contributed by atoms with E-state index in [2.05, 4.69) is 10.2 Å². The minimum atomic E-state index is -4.27. The zero-order valence-electron chi connectivity index (χ0n) is 9.17. The largest absolute Gasteiger partial charge is 0.416 e. The van der Waals surface area contributed by atoms with Gasteiger partial charge >= 0.3 is 6.18 Å². The van der Waals surface area contributed by atoms with E-state index in [0.29, 0.717) is 6.42 Å². The first-order chi connectivity index (χ1) is 7.97. The van der Waals surface area contributed by atoms with Crippen LogP contribution in [0.25, 0.3) is 0 Å². The van der Waals surface area contributed by atoms with Crippen LogP contribution >= 0.6 is 0 Å². The van der Waals surface area contributed by atoms with Crippen molar-refractivity contribution >= 4 is 0 Å². The Balaban J connectivity index is 2.17. The molecular formula is C12H11F3N2. The van der Waals surface area contributed by atoms with Crippen molar-refractivity contribution in [1.82, 2.24) is 10.2 Å². The number of rotatable bonds is 2. The summed E-state index contributed by atoms with van der Waals surface area (Å²) in [6.07, 6.45) is -2.00. The fourth-order valence-electron chi connectivity index (χ4n) is 1.59. The molecule has 2 nitrogen and oxygen atoms in total. The molecule has 0 amide bonds. The van der Waals surface area contributed by atoms with Crippen molar-refractivity contribution in [3.63, 3.8) is 0 Å². The number of aryl methyl sites for hydroxylation is 1. The standard InChI is InChI=1S/C12H11F3N2/c1-8-10(7-16-17-8)6-9-2-4-11(5-3-9)12(13,14)15/h2-5,7H,6H2,1H3,(H,16,17). The third-order valence-electron chi connectivity index (χ3n) is 2.61. The Bertz CT molecular complexity index is 497. The smallest absolute Gasteiger partial charge is 0.283 e. The molecule has 0 radical (unpaired) electrons. The molecule has 0 aliphatic heterocycles. The number of nitrogens with zero attached hydrogens (tertiary/aromatic N) is 1. The minimum Gasteiger partial charge on any atom is -0.283 e. The summed E-state index contributed by atoms with van der Waals surface area (Å²) in [5.74, 6) is 0. The number of halogens is 3. The highest BCUT2D eigenvalue weighted by Gasteiger charge is 2.29. The minimum absolute atomic E-state index is 0.584. The average Bonchev–Trinajstić information content (AvgIpc) is 2.64. The van der Waals surface area contributed by atoms with Gasteiger partial charge in [-0.3, -0.25) is 5.10 Å². The van der Waals surface area contributed by atoms with Gasteiger partial charge in [-0.2, -0.15) is 18.3 Å². The summed E-state index contributed by atoms with van der Waals surface area (Å²) in [5, 5.41) is 6.66. The third kappa shape index (κ3) is 2.67. The molecule has 0 saturated carbocycles. The van der Waals surface area contributed by atoms with Crippen LogP contribution in [0, 0.1) is 6.92 Å². The van der Waals surface area contributed by atoms with Crippen LogP contribution in [0.4, 0.5) is 13.2 Å². The van der Waals surface area contributed by atoms with Gasteiger partial charge in [-0.05, 0) is 30.2 Å². The van der Waals surface area contributed by atoms with E-state index in [-0.39, 0.29) is 0 Å². The maximum absolute atomic E-state index is 12.3. The second-order valence-corrected chi connectivity index (χ2v) is 3.89. The van der Waals surface area contributed by atoms with Crippen molar-refractivity contribution in [1.29, 1.82) is 0 Å². The van der Waals surface area contributed by atoms with Crippen LogP contribution in [0.3, 0.4) is 0 Å². The molecule has 0 unspecified atom stereocenters. The zero-order chi connectivity index (χ0) is 12.5. The first-order valence-electron chi connectivity index (χ1n) is 5.12. The Morgan fingerprint density at radius 2 is 1.82 bits per heavy atom. The summed E-state index contributed by atoms with van der Waals surface area (Å²) in [5.41, 5.74) is 2.14. The van der Waals surface area contributed by atoms with Gasteiger partial charge in [0.25, 0.3) is 0 Å². The van der Waals surface area contributed by atoms with Gasteiger partial charge in [0.15, 0.2) is 0 Å². The average molecular weight is 240 g/mol. The normalized spacial score (nSPS) is 11.8. The second kappa shape index (κ2) is 4.24. The van der Waals surface area contributed by atoms with E-state index in [1.54, 1.807) is 6.20 Å². The lowest BCUT2D eigenvalue weighted by molar-refractivity contribution is -0.137. The Morgan fingerprint density at radius 3 is 2.29 bits per heavy atom. The molecule has 17 heavy (non-hydrogen) atoms. The molecule has 0 aliphatic rings. The number of hydrogen-bond acceptors (Lipinski definition) is 1. The lowest BCUT2D eigenvalue weighted by Crippen LogP contribution is -2.04. The predicted molar refractivity (Wildman–Crippen MR) is 57.6 cm³/mol. The van der Waals surface area contributed by atoms with Crippen molar-refractivity contribution in [2.24, 2.45) is 0 Å². The van der Waals surface area contributed by atoms with Crippen molar-refractivity contribution in [2.75, 3.05) is 0 Å². The lowest BCUT2D eigenvalue weighted by atomic mass is 10.0. The molecular weight excluding hydrogens is 229 g/mol. The Hall–Kier alpha value is -1.78. The van der Waals surface area contributed by atoms with Gasteiger partial charge in [0.05, 0.1) is 11.8 Å². The van der Waals surface area contributed by atoms with Crippen LogP contribution in [0.2, 0.25) is 0 Å². The fraction of sp³-hybridized carbons (Fsp3) is 0.250. The maximum Gasteiger partial charge on any atom is 0.416 e. The summed E-state index contributed by atoms with van der Waals surface area (Å²) in [7, 11) is 0. The highest BCUT2D eigenvalue weighted by molar-refractivity contribution is 5.30. The van der Waals surface area contributed by atoms with E-state index in [1.165, 1.54) is 12.1 Å². The van der Waals surface area contributed by atoms with E-state index in [4.69, 9.17) is 0 Å². The van der Waals surface area contributed by atoms with E-state index in [9.17, 15) is 13.2 Å². The lowest BCUT2D eigenvalue weighted by Gasteiger charge is -2.07. The van der Waals surface area contributed by atoms with E-state index in [1.807, 2.05) is 6.92 Å². The van der Waals surface area contributed by atoms with Crippen LogP contribution in [0.5, 0.6) is 0 Å². The summed E-state index contributed by atoms with van der Waals surface area (Å²) in [6, 6.07) is 5.19. The van der Waals surface area contributed by atoms with Crippen LogP contribution in [0.15, 0.2) is 30.5 Å². The van der Waals surface area contributed by atoms with Crippen LogP contribution in [0.1, 0.15) is 22.4 Å². The highest BCUT2D eigenvalue weighted by atomic mass is 19.4. The number of benzene rings is 1.